The minimum atomic E-state index is -0.856. The van der Waals surface area contributed by atoms with Gasteiger partial charge in [-0.25, -0.2) is 0 Å². The van der Waals surface area contributed by atoms with Gasteiger partial charge in [-0.2, -0.15) is 0 Å². The monoisotopic (exact) mass is 253 g/mol. The van der Waals surface area contributed by atoms with Gasteiger partial charge in [0.2, 0.25) is 5.91 Å². The number of carbonyl (C=O) groups excluding carboxylic acids is 1. The molecule has 0 spiro atoms. The summed E-state index contributed by atoms with van der Waals surface area (Å²) in [4.78, 5) is 23.1. The molecule has 2 N–H and O–H groups in total. The van der Waals surface area contributed by atoms with Crippen LogP contribution >= 0.6 is 0 Å². The average Bonchev–Trinajstić information content (AvgIpc) is 3.10. The highest BCUT2D eigenvalue weighted by Gasteiger charge is 2.66. The molecule has 0 heterocycles. The molecule has 18 heavy (non-hydrogen) atoms. The second kappa shape index (κ2) is 3.97. The second-order valence-electron chi connectivity index (χ2n) is 6.85. The summed E-state index contributed by atoms with van der Waals surface area (Å²) in [6, 6.07) is 0. The van der Waals surface area contributed by atoms with E-state index in [-0.39, 0.29) is 17.2 Å². The molecule has 0 radical (unpaired) electrons. The number of hydrogen-bond acceptors (Lipinski definition) is 2. The van der Waals surface area contributed by atoms with Crippen LogP contribution in [0.5, 0.6) is 0 Å². The standard InChI is InChI=1S/C14H23NO3/c1-8(2)14(5-6-14)7-15-11(16)9-10(12(17)18)13(9,3)4/h8-10H,5-7H2,1-4H3,(H,15,16)(H,17,18). The summed E-state index contributed by atoms with van der Waals surface area (Å²) in [5.41, 5.74) is -0.127. The smallest absolute Gasteiger partial charge is 0.307 e. The van der Waals surface area contributed by atoms with Gasteiger partial charge in [0.25, 0.3) is 0 Å². The van der Waals surface area contributed by atoms with Crippen LogP contribution in [0.25, 0.3) is 0 Å². The van der Waals surface area contributed by atoms with Crippen molar-refractivity contribution in [3.8, 4) is 0 Å². The van der Waals surface area contributed by atoms with E-state index in [1.54, 1.807) is 0 Å². The Morgan fingerprint density at radius 1 is 1.28 bits per heavy atom. The van der Waals surface area contributed by atoms with Crippen LogP contribution in [-0.4, -0.2) is 23.5 Å². The lowest BCUT2D eigenvalue weighted by molar-refractivity contribution is -0.140. The third-order valence-electron chi connectivity index (χ3n) is 5.11. The Morgan fingerprint density at radius 2 is 1.83 bits per heavy atom. The molecule has 0 aromatic carbocycles. The van der Waals surface area contributed by atoms with Crippen molar-refractivity contribution in [2.24, 2.45) is 28.6 Å². The van der Waals surface area contributed by atoms with E-state index in [2.05, 4.69) is 19.2 Å². The molecular weight excluding hydrogens is 230 g/mol. The summed E-state index contributed by atoms with van der Waals surface area (Å²) in [5.74, 6) is -1.26. The van der Waals surface area contributed by atoms with E-state index in [1.165, 1.54) is 12.8 Å². The predicted molar refractivity (Wildman–Crippen MR) is 67.9 cm³/mol. The number of aliphatic carboxylic acids is 1. The second-order valence-corrected chi connectivity index (χ2v) is 6.85. The number of carboxylic acids is 1. The van der Waals surface area contributed by atoms with Crippen molar-refractivity contribution in [1.29, 1.82) is 0 Å². The highest BCUT2D eigenvalue weighted by molar-refractivity contribution is 5.91. The zero-order valence-corrected chi connectivity index (χ0v) is 11.6. The maximum Gasteiger partial charge on any atom is 0.307 e. The van der Waals surface area contributed by atoms with Gasteiger partial charge in [-0.1, -0.05) is 27.7 Å². The van der Waals surface area contributed by atoms with Gasteiger partial charge in [0.1, 0.15) is 0 Å². The Balaban J connectivity index is 1.89. The van der Waals surface area contributed by atoms with Gasteiger partial charge < -0.3 is 10.4 Å². The normalized spacial score (nSPS) is 30.9. The number of nitrogens with one attached hydrogen (secondary N) is 1. The van der Waals surface area contributed by atoms with Crippen LogP contribution in [0.15, 0.2) is 0 Å². The molecule has 0 saturated heterocycles. The number of rotatable bonds is 5. The summed E-state index contributed by atoms with van der Waals surface area (Å²) in [6.07, 6.45) is 2.34. The first-order valence-corrected chi connectivity index (χ1v) is 6.73. The molecule has 0 aromatic rings. The molecule has 0 aliphatic heterocycles. The summed E-state index contributed by atoms with van der Waals surface area (Å²) < 4.78 is 0. The van der Waals surface area contributed by atoms with Crippen LogP contribution in [0, 0.1) is 28.6 Å². The van der Waals surface area contributed by atoms with Gasteiger partial charge in [-0.15, -0.1) is 0 Å². The van der Waals surface area contributed by atoms with Crippen molar-refractivity contribution in [3.05, 3.63) is 0 Å². The zero-order valence-electron chi connectivity index (χ0n) is 11.6. The van der Waals surface area contributed by atoms with Gasteiger partial charge in [0.05, 0.1) is 11.8 Å². The molecular formula is C14H23NO3. The van der Waals surface area contributed by atoms with E-state index < -0.39 is 17.3 Å². The first kappa shape index (κ1) is 13.4. The van der Waals surface area contributed by atoms with E-state index in [1.807, 2.05) is 13.8 Å². The Morgan fingerprint density at radius 3 is 2.17 bits per heavy atom. The average molecular weight is 253 g/mol. The number of amides is 1. The highest BCUT2D eigenvalue weighted by Crippen LogP contribution is 2.58. The van der Waals surface area contributed by atoms with Crippen molar-refractivity contribution in [3.63, 3.8) is 0 Å². The largest absolute Gasteiger partial charge is 0.481 e. The van der Waals surface area contributed by atoms with Crippen LogP contribution in [0.2, 0.25) is 0 Å². The van der Waals surface area contributed by atoms with E-state index in [9.17, 15) is 9.59 Å². The molecule has 1 amide bonds. The molecule has 2 rings (SSSR count). The summed E-state index contributed by atoms with van der Waals surface area (Å²) in [5, 5.41) is 12.0. The topological polar surface area (TPSA) is 66.4 Å². The minimum Gasteiger partial charge on any atom is -0.481 e. The molecule has 4 nitrogen and oxygen atoms in total. The van der Waals surface area contributed by atoms with Crippen molar-refractivity contribution in [2.75, 3.05) is 6.54 Å². The molecule has 2 aliphatic carbocycles. The fourth-order valence-electron chi connectivity index (χ4n) is 3.08. The van der Waals surface area contributed by atoms with Crippen molar-refractivity contribution in [1.82, 2.24) is 5.32 Å². The van der Waals surface area contributed by atoms with E-state index in [4.69, 9.17) is 5.11 Å². The molecule has 2 atom stereocenters. The molecule has 2 saturated carbocycles. The van der Waals surface area contributed by atoms with Crippen LogP contribution in [0.3, 0.4) is 0 Å². The first-order chi connectivity index (χ1) is 8.22. The summed E-state index contributed by atoms with van der Waals surface area (Å²) >= 11 is 0. The maximum absolute atomic E-state index is 12.1. The van der Waals surface area contributed by atoms with Crippen LogP contribution in [-0.2, 0) is 9.59 Å². The van der Waals surface area contributed by atoms with E-state index >= 15 is 0 Å². The lowest BCUT2D eigenvalue weighted by atomic mass is 9.92. The SMILES string of the molecule is CC(C)C1(CNC(=O)C2C(C(=O)O)C2(C)C)CC1. The van der Waals surface area contributed by atoms with Crippen molar-refractivity contribution >= 4 is 11.9 Å². The zero-order chi connectivity index (χ0) is 13.7. The lowest BCUT2D eigenvalue weighted by Crippen LogP contribution is -2.34. The van der Waals surface area contributed by atoms with Gasteiger partial charge in [0, 0.05) is 6.54 Å². The molecule has 2 fully saturated rings. The van der Waals surface area contributed by atoms with Gasteiger partial charge in [-0.3, -0.25) is 9.59 Å². The summed E-state index contributed by atoms with van der Waals surface area (Å²) in [7, 11) is 0. The number of hydrogen-bond donors (Lipinski definition) is 2. The third-order valence-corrected chi connectivity index (χ3v) is 5.11. The first-order valence-electron chi connectivity index (χ1n) is 6.73. The van der Waals surface area contributed by atoms with E-state index in [0.29, 0.717) is 12.5 Å². The van der Waals surface area contributed by atoms with Crippen LogP contribution in [0.4, 0.5) is 0 Å². The van der Waals surface area contributed by atoms with E-state index in [0.717, 1.165) is 0 Å². The fraction of sp³-hybridized carbons (Fsp3) is 0.857. The molecule has 4 heteroatoms. The quantitative estimate of drug-likeness (QED) is 0.786. The fourth-order valence-corrected chi connectivity index (χ4v) is 3.08. The predicted octanol–water partition coefficient (Wildman–Crippen LogP) is 1.90. The Bertz CT molecular complexity index is 383. The number of carboxylic acid groups (broad SMARTS) is 1. The Kier molecular flexibility index (Phi) is 2.95. The third kappa shape index (κ3) is 2.02. The Labute approximate surface area is 108 Å². The lowest BCUT2D eigenvalue weighted by Gasteiger charge is -2.20. The van der Waals surface area contributed by atoms with Gasteiger partial charge in [-0.05, 0) is 29.6 Å². The molecule has 0 aromatic heterocycles. The van der Waals surface area contributed by atoms with Crippen molar-refractivity contribution < 1.29 is 14.7 Å². The minimum absolute atomic E-state index is 0.0840. The molecule has 2 aliphatic rings. The van der Waals surface area contributed by atoms with Crippen molar-refractivity contribution in [2.45, 2.75) is 40.5 Å². The molecule has 0 bridgehead atoms. The summed E-state index contributed by atoms with van der Waals surface area (Å²) in [6.45, 7) is 8.76. The van der Waals surface area contributed by atoms with Gasteiger partial charge in [0.15, 0.2) is 0 Å². The van der Waals surface area contributed by atoms with Crippen LogP contribution < -0.4 is 5.32 Å². The highest BCUT2D eigenvalue weighted by atomic mass is 16.4. The maximum atomic E-state index is 12.1. The Hall–Kier alpha value is -1.06. The number of carbonyl (C=O) groups is 2. The van der Waals surface area contributed by atoms with Crippen LogP contribution in [0.1, 0.15) is 40.5 Å². The van der Waals surface area contributed by atoms with Gasteiger partial charge >= 0.3 is 5.97 Å². The molecule has 2 unspecified atom stereocenters. The molecule has 102 valence electrons.